The minimum atomic E-state index is -0.136. The fourth-order valence-electron chi connectivity index (χ4n) is 3.96. The fourth-order valence-corrected chi connectivity index (χ4v) is 3.96. The largest absolute Gasteiger partial charge is 0.335 e. The van der Waals surface area contributed by atoms with E-state index in [9.17, 15) is 4.79 Å². The Labute approximate surface area is 120 Å². The molecule has 0 N–H and O–H groups in total. The van der Waals surface area contributed by atoms with Crippen molar-refractivity contribution in [2.75, 3.05) is 0 Å². The molecule has 0 radical (unpaired) electrons. The fraction of sp³-hybridized carbons (Fsp3) is 0.941. The van der Waals surface area contributed by atoms with Crippen LogP contribution in [0.5, 0.6) is 0 Å². The lowest BCUT2D eigenvalue weighted by Crippen LogP contribution is -2.55. The minimum Gasteiger partial charge on any atom is -0.335 e. The summed E-state index contributed by atoms with van der Waals surface area (Å²) in [7, 11) is 0. The van der Waals surface area contributed by atoms with Crippen molar-refractivity contribution in [2.45, 2.75) is 93.2 Å². The Kier molecular flexibility index (Phi) is 5.30. The predicted molar refractivity (Wildman–Crippen MR) is 84.2 cm³/mol. The van der Waals surface area contributed by atoms with E-state index in [1.54, 1.807) is 0 Å². The van der Waals surface area contributed by atoms with Crippen LogP contribution in [0.3, 0.4) is 0 Å². The van der Waals surface area contributed by atoms with Gasteiger partial charge >= 0.3 is 0 Å². The number of rotatable bonds is 5. The van der Waals surface area contributed by atoms with Crippen LogP contribution in [0.2, 0.25) is 0 Å². The Morgan fingerprint density at radius 3 is 1.47 bits per heavy atom. The van der Waals surface area contributed by atoms with Gasteiger partial charge in [-0.3, -0.25) is 4.79 Å². The summed E-state index contributed by atoms with van der Waals surface area (Å²) < 4.78 is 0. The summed E-state index contributed by atoms with van der Waals surface area (Å²) in [5, 5.41) is 0. The second kappa shape index (κ2) is 5.46. The average Bonchev–Trinajstić information content (AvgIpc) is 1.91. The van der Waals surface area contributed by atoms with Crippen LogP contribution in [0.4, 0.5) is 0 Å². The molecule has 0 aromatic carbocycles. The zero-order chi connectivity index (χ0) is 15.7. The molecule has 0 atom stereocenters. The Bertz CT molecular complexity index is 302. The maximum absolute atomic E-state index is 11.5. The van der Waals surface area contributed by atoms with Crippen molar-refractivity contribution in [3.05, 3.63) is 0 Å². The molecule has 114 valence electrons. The van der Waals surface area contributed by atoms with Gasteiger partial charge in [0.2, 0.25) is 6.41 Å². The number of carbonyl (C=O) groups excluding carboxylic acids is 1. The number of hydrogen-bond acceptors (Lipinski definition) is 1. The summed E-state index contributed by atoms with van der Waals surface area (Å²) in [5.74, 6) is 0. The predicted octanol–water partition coefficient (Wildman–Crippen LogP) is 4.87. The van der Waals surface area contributed by atoms with Gasteiger partial charge in [-0.05, 0) is 58.3 Å². The van der Waals surface area contributed by atoms with Crippen molar-refractivity contribution >= 4 is 6.41 Å². The molecule has 0 bridgehead atoms. The Morgan fingerprint density at radius 1 is 0.789 bits per heavy atom. The molecule has 0 aliphatic rings. The highest BCUT2D eigenvalue weighted by Crippen LogP contribution is 2.41. The summed E-state index contributed by atoms with van der Waals surface area (Å²) in [5.41, 5.74) is 0.263. The first-order valence-corrected chi connectivity index (χ1v) is 7.36. The van der Waals surface area contributed by atoms with E-state index in [-0.39, 0.29) is 16.5 Å². The minimum absolute atomic E-state index is 0.130. The van der Waals surface area contributed by atoms with Crippen LogP contribution in [0.15, 0.2) is 0 Å². The van der Waals surface area contributed by atoms with Gasteiger partial charge in [-0.1, -0.05) is 34.6 Å². The van der Waals surface area contributed by atoms with E-state index in [1.807, 2.05) is 4.90 Å². The normalized spacial score (nSPS) is 14.4. The molecule has 2 heteroatoms. The third-order valence-corrected chi connectivity index (χ3v) is 3.40. The maximum atomic E-state index is 11.5. The molecule has 0 saturated carbocycles. The number of amides is 1. The van der Waals surface area contributed by atoms with E-state index in [4.69, 9.17) is 0 Å². The third kappa shape index (κ3) is 6.44. The van der Waals surface area contributed by atoms with Gasteiger partial charge < -0.3 is 4.90 Å². The standard InChI is InChI=1S/C17H35NO/c1-14(2,3)11-16(7,8)12-17(9,10)18(13-19)15(4,5)6/h13H,11-12H2,1-10H3. The van der Waals surface area contributed by atoms with Crippen LogP contribution in [-0.2, 0) is 4.79 Å². The SMILES string of the molecule is CC(C)(C)CC(C)(C)CC(C)(C)N(C=O)C(C)(C)C. The van der Waals surface area contributed by atoms with Crippen LogP contribution in [0.25, 0.3) is 0 Å². The van der Waals surface area contributed by atoms with Crippen molar-refractivity contribution in [1.82, 2.24) is 4.90 Å². The van der Waals surface area contributed by atoms with Crippen LogP contribution in [-0.4, -0.2) is 22.4 Å². The van der Waals surface area contributed by atoms with Crippen molar-refractivity contribution in [3.63, 3.8) is 0 Å². The van der Waals surface area contributed by atoms with Crippen molar-refractivity contribution in [2.24, 2.45) is 10.8 Å². The molecule has 1 amide bonds. The second-order valence-electron chi connectivity index (χ2n) is 9.54. The van der Waals surface area contributed by atoms with E-state index in [2.05, 4.69) is 69.2 Å². The topological polar surface area (TPSA) is 20.3 Å². The highest BCUT2D eigenvalue weighted by atomic mass is 16.1. The van der Waals surface area contributed by atoms with E-state index in [0.29, 0.717) is 5.41 Å². The van der Waals surface area contributed by atoms with E-state index in [0.717, 1.165) is 19.3 Å². The molecule has 2 nitrogen and oxygen atoms in total. The van der Waals surface area contributed by atoms with E-state index >= 15 is 0 Å². The van der Waals surface area contributed by atoms with Gasteiger partial charge in [0.1, 0.15) is 0 Å². The van der Waals surface area contributed by atoms with Gasteiger partial charge in [-0.25, -0.2) is 0 Å². The lowest BCUT2D eigenvalue weighted by Gasteiger charge is -2.48. The summed E-state index contributed by atoms with van der Waals surface area (Å²) >= 11 is 0. The first-order chi connectivity index (χ1) is 8.11. The molecule has 0 heterocycles. The summed E-state index contributed by atoms with van der Waals surface area (Å²) in [4.78, 5) is 13.5. The quantitative estimate of drug-likeness (QED) is 0.652. The zero-order valence-corrected chi connectivity index (χ0v) is 14.8. The first-order valence-electron chi connectivity index (χ1n) is 7.36. The monoisotopic (exact) mass is 269 g/mol. The molecule has 0 aliphatic heterocycles. The smallest absolute Gasteiger partial charge is 0.210 e. The molecule has 0 aromatic heterocycles. The van der Waals surface area contributed by atoms with Gasteiger partial charge in [-0.2, -0.15) is 0 Å². The lowest BCUT2D eigenvalue weighted by molar-refractivity contribution is -0.131. The average molecular weight is 269 g/mol. The summed E-state index contributed by atoms with van der Waals surface area (Å²) in [6.07, 6.45) is 3.17. The molecule has 0 aromatic rings. The Hall–Kier alpha value is -0.530. The summed E-state index contributed by atoms with van der Waals surface area (Å²) in [6, 6.07) is 0. The van der Waals surface area contributed by atoms with Crippen LogP contribution in [0.1, 0.15) is 82.1 Å². The van der Waals surface area contributed by atoms with Gasteiger partial charge in [0.05, 0.1) is 0 Å². The lowest BCUT2D eigenvalue weighted by atomic mass is 9.70. The van der Waals surface area contributed by atoms with Crippen molar-refractivity contribution < 1.29 is 4.79 Å². The van der Waals surface area contributed by atoms with E-state index < -0.39 is 0 Å². The molecular formula is C17H35NO. The number of nitrogens with zero attached hydrogens (tertiary/aromatic N) is 1. The molecular weight excluding hydrogens is 234 g/mol. The van der Waals surface area contributed by atoms with Gasteiger partial charge in [-0.15, -0.1) is 0 Å². The maximum Gasteiger partial charge on any atom is 0.210 e. The van der Waals surface area contributed by atoms with E-state index in [1.165, 1.54) is 0 Å². The molecule has 0 spiro atoms. The third-order valence-electron chi connectivity index (χ3n) is 3.40. The second-order valence-corrected chi connectivity index (χ2v) is 9.54. The van der Waals surface area contributed by atoms with Gasteiger partial charge in [0, 0.05) is 11.1 Å². The van der Waals surface area contributed by atoms with Crippen LogP contribution < -0.4 is 0 Å². The Morgan fingerprint density at radius 2 is 1.21 bits per heavy atom. The number of carbonyl (C=O) groups is 1. The molecule has 0 aliphatic carbocycles. The van der Waals surface area contributed by atoms with Crippen LogP contribution >= 0.6 is 0 Å². The first kappa shape index (κ1) is 18.5. The molecule has 19 heavy (non-hydrogen) atoms. The Balaban J connectivity index is 5.08. The van der Waals surface area contributed by atoms with Crippen molar-refractivity contribution in [3.8, 4) is 0 Å². The molecule has 0 saturated heterocycles. The highest BCUT2D eigenvalue weighted by Gasteiger charge is 2.39. The van der Waals surface area contributed by atoms with Gasteiger partial charge in [0.15, 0.2) is 0 Å². The summed E-state index contributed by atoms with van der Waals surface area (Å²) in [6.45, 7) is 22.1. The number of hydrogen-bond donors (Lipinski definition) is 0. The zero-order valence-electron chi connectivity index (χ0n) is 14.8. The highest BCUT2D eigenvalue weighted by molar-refractivity contribution is 5.50. The van der Waals surface area contributed by atoms with Crippen LogP contribution in [0, 0.1) is 10.8 Å². The molecule has 0 fully saturated rings. The van der Waals surface area contributed by atoms with Crippen molar-refractivity contribution in [1.29, 1.82) is 0 Å². The van der Waals surface area contributed by atoms with Gasteiger partial charge in [0.25, 0.3) is 0 Å². The molecule has 0 unspecified atom stereocenters. The molecule has 0 rings (SSSR count).